The van der Waals surface area contributed by atoms with Crippen LogP contribution in [-0.4, -0.2) is 49.7 Å². The molecule has 0 unspecified atom stereocenters. The number of alkyl halides is 2. The van der Waals surface area contributed by atoms with E-state index in [1.165, 1.54) is 18.2 Å². The van der Waals surface area contributed by atoms with Crippen molar-refractivity contribution in [3.8, 4) is 0 Å². The van der Waals surface area contributed by atoms with Gasteiger partial charge in [-0.2, -0.15) is 5.01 Å². The van der Waals surface area contributed by atoms with E-state index in [4.69, 9.17) is 23.2 Å². The first kappa shape index (κ1) is 24.9. The maximum atomic E-state index is 13.7. The average molecular weight is 643 g/mol. The Morgan fingerprint density at radius 1 is 0.971 bits per heavy atom. The Balaban J connectivity index is 1.53. The van der Waals surface area contributed by atoms with Gasteiger partial charge in [0.1, 0.15) is 6.54 Å². The molecule has 3 fully saturated rings. The number of aryl methyl sites for hydroxylation is 1. The largest absolute Gasteiger partial charge is 0.292 e. The maximum absolute atomic E-state index is 13.7. The molecule has 35 heavy (non-hydrogen) atoms. The molecule has 3 aliphatic rings. The van der Waals surface area contributed by atoms with Crippen LogP contribution in [0, 0.1) is 30.6 Å². The van der Waals surface area contributed by atoms with Gasteiger partial charge in [0, 0.05) is 20.2 Å². The molecule has 0 N–H and O–H groups in total. The number of imide groups is 1. The number of ketones is 1. The van der Waals surface area contributed by atoms with Gasteiger partial charge in [0.05, 0.1) is 22.4 Å². The van der Waals surface area contributed by atoms with Crippen LogP contribution < -0.4 is 0 Å². The molecule has 0 spiro atoms. The zero-order chi connectivity index (χ0) is 25.2. The number of nitrogens with zero attached hydrogens (tertiary/aromatic N) is 2. The number of carbonyl (C=O) groups excluding carboxylic acids is 4. The number of Topliss-reactive ketones (excluding diaryl/α,β-unsaturated/α-hetero) is 1. The van der Waals surface area contributed by atoms with Gasteiger partial charge < -0.3 is 0 Å². The first-order chi connectivity index (χ1) is 16.6. The Morgan fingerprint density at radius 2 is 1.54 bits per heavy atom. The molecule has 0 radical (unpaired) electrons. The lowest BCUT2D eigenvalue weighted by atomic mass is 9.81. The van der Waals surface area contributed by atoms with Crippen molar-refractivity contribution in [2.75, 3.05) is 6.54 Å². The van der Waals surface area contributed by atoms with Crippen molar-refractivity contribution in [2.45, 2.75) is 23.0 Å². The first-order valence-corrected chi connectivity index (χ1v) is 13.7. The molecule has 1 heterocycles. The molecule has 6 atom stereocenters. The van der Waals surface area contributed by atoms with Crippen LogP contribution in [0.2, 0.25) is 10.0 Å². The summed E-state index contributed by atoms with van der Waals surface area (Å²) < 4.78 is 0. The summed E-state index contributed by atoms with van der Waals surface area (Å²) in [7, 11) is 0. The Bertz CT molecular complexity index is 1220. The summed E-state index contributed by atoms with van der Waals surface area (Å²) in [5, 5.41) is 2.24. The van der Waals surface area contributed by atoms with Crippen molar-refractivity contribution in [1.29, 1.82) is 0 Å². The molecule has 2 saturated carbocycles. The zero-order valence-corrected chi connectivity index (χ0v) is 23.1. The van der Waals surface area contributed by atoms with Gasteiger partial charge in [-0.25, -0.2) is 5.01 Å². The molecule has 2 bridgehead atoms. The van der Waals surface area contributed by atoms with E-state index >= 15 is 0 Å². The van der Waals surface area contributed by atoms with E-state index in [1.54, 1.807) is 24.3 Å². The summed E-state index contributed by atoms with van der Waals surface area (Å²) in [6.45, 7) is 1.41. The van der Waals surface area contributed by atoms with E-state index in [1.807, 2.05) is 6.92 Å². The second-order valence-corrected chi connectivity index (χ2v) is 12.2. The highest BCUT2D eigenvalue weighted by atomic mass is 79.9. The Kier molecular flexibility index (Phi) is 6.62. The third-order valence-electron chi connectivity index (χ3n) is 7.27. The van der Waals surface area contributed by atoms with Crippen molar-refractivity contribution in [3.05, 3.63) is 69.2 Å². The van der Waals surface area contributed by atoms with E-state index in [-0.39, 0.29) is 32.1 Å². The number of halogens is 4. The Hall–Kier alpha value is -1.74. The normalized spacial score (nSPS) is 29.0. The molecule has 2 aromatic rings. The predicted molar refractivity (Wildman–Crippen MR) is 139 cm³/mol. The number of benzene rings is 2. The molecular formula is C25H20Br2Cl2N2O4. The number of carbonyl (C=O) groups is 4. The minimum absolute atomic E-state index is 0.0281. The topological polar surface area (TPSA) is 74.8 Å². The molecule has 10 heteroatoms. The molecule has 5 rings (SSSR count). The third kappa shape index (κ3) is 4.06. The summed E-state index contributed by atoms with van der Waals surface area (Å²) in [6, 6.07) is 11.2. The van der Waals surface area contributed by atoms with Crippen LogP contribution >= 0.6 is 55.1 Å². The average Bonchev–Trinajstić information content (AvgIpc) is 3.42. The van der Waals surface area contributed by atoms with Crippen LogP contribution in [0.3, 0.4) is 0 Å². The Labute approximate surface area is 229 Å². The molecular weight excluding hydrogens is 623 g/mol. The smallest absolute Gasteiger partial charge is 0.274 e. The van der Waals surface area contributed by atoms with E-state index < -0.39 is 41.9 Å². The fourth-order valence-electron chi connectivity index (χ4n) is 5.57. The maximum Gasteiger partial charge on any atom is 0.274 e. The standard InChI is InChI=1S/C25H20Br2Cl2N2O4/c1-11-2-4-12(5-3-11)18(32)10-30(23(33)14-7-6-13(28)8-17(14)29)31-24(34)19-15-9-16(20(19)25(31)35)22(27)21(15)26/h2-8,15-16,19-22H,9-10H2,1H3/t15-,16-,19-,20+,21+,22+/m1/s1. The van der Waals surface area contributed by atoms with Crippen LogP contribution in [0.5, 0.6) is 0 Å². The lowest BCUT2D eigenvalue weighted by Gasteiger charge is -2.31. The number of fused-ring (bicyclic) bond motifs is 5. The van der Waals surface area contributed by atoms with Gasteiger partial charge in [-0.3, -0.25) is 19.2 Å². The molecule has 3 amide bonds. The van der Waals surface area contributed by atoms with Crippen molar-refractivity contribution in [3.63, 3.8) is 0 Å². The van der Waals surface area contributed by atoms with Gasteiger partial charge in [0.15, 0.2) is 5.78 Å². The van der Waals surface area contributed by atoms with Crippen LogP contribution in [0.25, 0.3) is 0 Å². The number of hydrazine groups is 1. The fourth-order valence-corrected chi connectivity index (χ4v) is 7.94. The highest BCUT2D eigenvalue weighted by Crippen LogP contribution is 2.60. The van der Waals surface area contributed by atoms with E-state index in [2.05, 4.69) is 31.9 Å². The molecule has 1 saturated heterocycles. The van der Waals surface area contributed by atoms with Gasteiger partial charge in [-0.1, -0.05) is 84.9 Å². The molecule has 6 nitrogen and oxygen atoms in total. The predicted octanol–water partition coefficient (Wildman–Crippen LogP) is 5.32. The van der Waals surface area contributed by atoms with Crippen LogP contribution in [0.4, 0.5) is 0 Å². The van der Waals surface area contributed by atoms with Gasteiger partial charge in [0.25, 0.3) is 17.7 Å². The summed E-state index contributed by atoms with van der Waals surface area (Å²) in [4.78, 5) is 54.2. The minimum Gasteiger partial charge on any atom is -0.292 e. The number of hydrogen-bond donors (Lipinski definition) is 0. The monoisotopic (exact) mass is 640 g/mol. The van der Waals surface area contributed by atoms with E-state index in [9.17, 15) is 19.2 Å². The van der Waals surface area contributed by atoms with Crippen molar-refractivity contribution < 1.29 is 19.2 Å². The third-order valence-corrected chi connectivity index (χ3v) is 11.0. The molecule has 2 aromatic carbocycles. The van der Waals surface area contributed by atoms with Gasteiger partial charge >= 0.3 is 0 Å². The second-order valence-electron chi connectivity index (χ2n) is 9.27. The highest BCUT2D eigenvalue weighted by Gasteiger charge is 2.67. The summed E-state index contributed by atoms with van der Waals surface area (Å²) >= 11 is 19.6. The number of hydrogen-bond acceptors (Lipinski definition) is 4. The summed E-state index contributed by atoms with van der Waals surface area (Å²) in [5.41, 5.74) is 1.39. The van der Waals surface area contributed by atoms with E-state index in [0.717, 1.165) is 22.0 Å². The van der Waals surface area contributed by atoms with Crippen molar-refractivity contribution >= 4 is 78.6 Å². The zero-order valence-electron chi connectivity index (χ0n) is 18.5. The summed E-state index contributed by atoms with van der Waals surface area (Å²) in [6.07, 6.45) is 0.756. The van der Waals surface area contributed by atoms with Crippen molar-refractivity contribution in [1.82, 2.24) is 10.0 Å². The molecule has 182 valence electrons. The molecule has 1 aliphatic heterocycles. The summed E-state index contributed by atoms with van der Waals surface area (Å²) in [5.74, 6) is -3.14. The first-order valence-electron chi connectivity index (χ1n) is 11.1. The van der Waals surface area contributed by atoms with Gasteiger partial charge in [-0.15, -0.1) is 0 Å². The SMILES string of the molecule is Cc1ccc(C(=O)CN(C(=O)c2ccc(Cl)cc2Cl)N2C(=O)[C@@H]3[C@H]4C[C@@H]([C@H](Br)[C@H]4Br)[C@@H]3C2=O)cc1. The fraction of sp³-hybridized carbons (Fsp3) is 0.360. The minimum atomic E-state index is -0.716. The molecule has 2 aliphatic carbocycles. The van der Waals surface area contributed by atoms with Crippen LogP contribution in [-0.2, 0) is 9.59 Å². The number of amides is 3. The van der Waals surface area contributed by atoms with Crippen molar-refractivity contribution in [2.24, 2.45) is 23.7 Å². The highest BCUT2D eigenvalue weighted by molar-refractivity contribution is 9.12. The van der Waals surface area contributed by atoms with E-state index in [0.29, 0.717) is 10.6 Å². The van der Waals surface area contributed by atoms with Gasteiger partial charge in [0.2, 0.25) is 0 Å². The van der Waals surface area contributed by atoms with Crippen LogP contribution in [0.15, 0.2) is 42.5 Å². The van der Waals surface area contributed by atoms with Gasteiger partial charge in [-0.05, 0) is 43.4 Å². The van der Waals surface area contributed by atoms with Crippen LogP contribution in [0.1, 0.15) is 32.7 Å². The lowest BCUT2D eigenvalue weighted by molar-refractivity contribution is -0.154. The molecule has 0 aromatic heterocycles. The Morgan fingerprint density at radius 3 is 2.09 bits per heavy atom. The second kappa shape index (κ2) is 9.29. The lowest BCUT2D eigenvalue weighted by Crippen LogP contribution is -2.52. The number of rotatable bonds is 5. The quantitative estimate of drug-likeness (QED) is 0.252.